The molecule has 3 nitrogen and oxygen atoms in total. The van der Waals surface area contributed by atoms with Crippen molar-refractivity contribution in [2.45, 2.75) is 0 Å². The highest BCUT2D eigenvalue weighted by molar-refractivity contribution is 7.08. The summed E-state index contributed by atoms with van der Waals surface area (Å²) in [5, 5.41) is 0. The first-order valence-corrected chi connectivity index (χ1v) is 5.18. The maximum Gasteiger partial charge on any atom is 0.204 e. The smallest absolute Gasteiger partial charge is 0.204 e. The maximum atomic E-state index is 11.9. The molecular formula is C11H9NO2S. The van der Waals surface area contributed by atoms with Gasteiger partial charge in [0.2, 0.25) is 5.78 Å². The lowest BCUT2D eigenvalue weighted by Gasteiger charge is -2.01. The minimum Gasteiger partial charge on any atom is -0.497 e. The predicted octanol–water partition coefficient (Wildman–Crippen LogP) is 2.38. The van der Waals surface area contributed by atoms with Gasteiger partial charge in [0, 0.05) is 11.8 Å². The summed E-state index contributed by atoms with van der Waals surface area (Å²) in [5.74, 6) is 0.668. The Morgan fingerprint density at radius 3 is 2.93 bits per heavy atom. The maximum absolute atomic E-state index is 11.9. The van der Waals surface area contributed by atoms with E-state index in [1.807, 2.05) is 6.07 Å². The molecule has 0 unspecified atom stereocenters. The summed E-state index contributed by atoms with van der Waals surface area (Å²) in [4.78, 5) is 12.5. The van der Waals surface area contributed by atoms with Crippen molar-refractivity contribution in [3.05, 3.63) is 47.0 Å². The Bertz CT molecular complexity index is 465. The third-order valence-corrected chi connectivity index (χ3v) is 2.74. The molecule has 2 rings (SSSR count). The average Bonchev–Trinajstić information content (AvgIpc) is 2.81. The number of ketones is 1. The Balaban J connectivity index is 2.34. The molecule has 2 aromatic rings. The van der Waals surface area contributed by atoms with Crippen LogP contribution in [0.3, 0.4) is 0 Å². The molecule has 15 heavy (non-hydrogen) atoms. The fourth-order valence-electron chi connectivity index (χ4n) is 1.24. The zero-order valence-electron chi connectivity index (χ0n) is 8.14. The minimum absolute atomic E-state index is 0.0172. The highest BCUT2D eigenvalue weighted by Gasteiger charge is 2.10. The zero-order chi connectivity index (χ0) is 10.7. The second-order valence-corrected chi connectivity index (χ2v) is 3.77. The van der Waals surface area contributed by atoms with Crippen molar-refractivity contribution in [2.75, 3.05) is 7.11 Å². The molecule has 76 valence electrons. The summed E-state index contributed by atoms with van der Waals surface area (Å²) in [6, 6.07) is 8.82. The molecule has 0 amide bonds. The molecule has 0 N–H and O–H groups in total. The largest absolute Gasteiger partial charge is 0.497 e. The molecule has 1 aromatic heterocycles. The van der Waals surface area contributed by atoms with Gasteiger partial charge in [0.05, 0.1) is 12.0 Å². The van der Waals surface area contributed by atoms with E-state index >= 15 is 0 Å². The van der Waals surface area contributed by atoms with Gasteiger partial charge in [0.15, 0.2) is 0 Å². The second-order valence-electron chi connectivity index (χ2n) is 2.94. The highest BCUT2D eigenvalue weighted by Crippen LogP contribution is 2.17. The summed E-state index contributed by atoms with van der Waals surface area (Å²) >= 11 is 1.20. The number of rotatable bonds is 3. The Morgan fingerprint density at radius 1 is 1.40 bits per heavy atom. The molecule has 0 bridgehead atoms. The van der Waals surface area contributed by atoms with Crippen LogP contribution in [0.4, 0.5) is 0 Å². The summed E-state index contributed by atoms with van der Waals surface area (Å²) < 4.78 is 8.96. The van der Waals surface area contributed by atoms with E-state index in [0.29, 0.717) is 16.2 Å². The Kier molecular flexibility index (Phi) is 2.78. The Morgan fingerprint density at radius 2 is 2.27 bits per heavy atom. The molecule has 0 saturated heterocycles. The van der Waals surface area contributed by atoms with Crippen LogP contribution in [-0.4, -0.2) is 17.3 Å². The number of hydrogen-bond acceptors (Lipinski definition) is 4. The van der Waals surface area contributed by atoms with Gasteiger partial charge in [0.1, 0.15) is 5.75 Å². The van der Waals surface area contributed by atoms with Crippen LogP contribution in [0.1, 0.15) is 15.2 Å². The van der Waals surface area contributed by atoms with Crippen LogP contribution in [0.5, 0.6) is 5.75 Å². The first kappa shape index (κ1) is 9.86. The van der Waals surface area contributed by atoms with E-state index in [4.69, 9.17) is 4.74 Å². The van der Waals surface area contributed by atoms with Crippen molar-refractivity contribution in [3.63, 3.8) is 0 Å². The number of aromatic nitrogens is 1. The van der Waals surface area contributed by atoms with E-state index in [0.717, 1.165) is 0 Å². The van der Waals surface area contributed by atoms with Crippen molar-refractivity contribution in [2.24, 2.45) is 0 Å². The number of benzene rings is 1. The number of carbonyl (C=O) groups excluding carboxylic acids is 1. The van der Waals surface area contributed by atoms with Gasteiger partial charge >= 0.3 is 0 Å². The zero-order valence-corrected chi connectivity index (χ0v) is 8.95. The van der Waals surface area contributed by atoms with Gasteiger partial charge in [-0.3, -0.25) is 4.79 Å². The van der Waals surface area contributed by atoms with E-state index in [1.54, 1.807) is 37.6 Å². The first-order valence-electron chi connectivity index (χ1n) is 4.40. The van der Waals surface area contributed by atoms with Gasteiger partial charge in [-0.05, 0) is 29.7 Å². The summed E-state index contributed by atoms with van der Waals surface area (Å²) in [7, 11) is 1.58. The van der Waals surface area contributed by atoms with Gasteiger partial charge < -0.3 is 4.74 Å². The number of nitrogens with zero attached hydrogens (tertiary/aromatic N) is 1. The Labute approximate surface area is 91.5 Å². The molecule has 0 spiro atoms. The fourth-order valence-corrected chi connectivity index (χ4v) is 1.80. The van der Waals surface area contributed by atoms with E-state index < -0.39 is 0 Å². The lowest BCUT2D eigenvalue weighted by Crippen LogP contribution is -1.98. The number of methoxy groups -OCH3 is 1. The fraction of sp³-hybridized carbons (Fsp3) is 0.0909. The van der Waals surface area contributed by atoms with Crippen molar-refractivity contribution < 1.29 is 9.53 Å². The standard InChI is InChI=1S/C11H9NO2S/c1-14-9-4-2-3-8(7-9)11(13)10-5-6-12-15-10/h2-7H,1H3. The first-order chi connectivity index (χ1) is 7.31. The normalized spacial score (nSPS) is 9.93. The summed E-state index contributed by atoms with van der Waals surface area (Å²) in [6.07, 6.45) is 1.62. The van der Waals surface area contributed by atoms with Crippen LogP contribution in [0.25, 0.3) is 0 Å². The molecule has 0 atom stereocenters. The summed E-state index contributed by atoms with van der Waals surface area (Å²) in [6.45, 7) is 0. The van der Waals surface area contributed by atoms with Crippen LogP contribution >= 0.6 is 11.5 Å². The second kappa shape index (κ2) is 4.23. The van der Waals surface area contributed by atoms with E-state index in [9.17, 15) is 4.79 Å². The summed E-state index contributed by atoms with van der Waals surface area (Å²) in [5.41, 5.74) is 0.624. The molecule has 0 aliphatic rings. The van der Waals surface area contributed by atoms with Crippen LogP contribution < -0.4 is 4.74 Å². The van der Waals surface area contributed by atoms with Gasteiger partial charge in [-0.15, -0.1) is 0 Å². The third-order valence-electron chi connectivity index (χ3n) is 1.99. The van der Waals surface area contributed by atoms with Crippen molar-refractivity contribution >= 4 is 17.3 Å². The lowest BCUT2D eigenvalue weighted by atomic mass is 10.1. The van der Waals surface area contributed by atoms with E-state index in [2.05, 4.69) is 4.37 Å². The van der Waals surface area contributed by atoms with Crippen LogP contribution in [0.15, 0.2) is 36.5 Å². The van der Waals surface area contributed by atoms with Crippen LogP contribution in [-0.2, 0) is 0 Å². The number of carbonyl (C=O) groups is 1. The average molecular weight is 219 g/mol. The molecule has 0 aliphatic carbocycles. The molecule has 1 heterocycles. The SMILES string of the molecule is COc1cccc(C(=O)c2ccns2)c1. The quantitative estimate of drug-likeness (QED) is 0.744. The molecule has 0 radical (unpaired) electrons. The molecule has 0 saturated carbocycles. The van der Waals surface area contributed by atoms with E-state index in [1.165, 1.54) is 11.5 Å². The van der Waals surface area contributed by atoms with Gasteiger partial charge in [-0.1, -0.05) is 12.1 Å². The van der Waals surface area contributed by atoms with Crippen molar-refractivity contribution in [3.8, 4) is 5.75 Å². The minimum atomic E-state index is -0.0172. The molecule has 0 aliphatic heterocycles. The number of ether oxygens (including phenoxy) is 1. The monoisotopic (exact) mass is 219 g/mol. The van der Waals surface area contributed by atoms with Crippen LogP contribution in [0, 0.1) is 0 Å². The highest BCUT2D eigenvalue weighted by atomic mass is 32.1. The number of hydrogen-bond donors (Lipinski definition) is 0. The molecular weight excluding hydrogens is 210 g/mol. The van der Waals surface area contributed by atoms with Crippen molar-refractivity contribution in [1.82, 2.24) is 4.37 Å². The van der Waals surface area contributed by atoms with Gasteiger partial charge in [0.25, 0.3) is 0 Å². The molecule has 4 heteroatoms. The third kappa shape index (κ3) is 2.05. The van der Waals surface area contributed by atoms with Crippen LogP contribution in [0.2, 0.25) is 0 Å². The Hall–Kier alpha value is -1.68. The van der Waals surface area contributed by atoms with Gasteiger partial charge in [-0.2, -0.15) is 0 Å². The molecule has 1 aromatic carbocycles. The van der Waals surface area contributed by atoms with E-state index in [-0.39, 0.29) is 5.78 Å². The lowest BCUT2D eigenvalue weighted by molar-refractivity contribution is 0.104. The molecule has 0 fully saturated rings. The van der Waals surface area contributed by atoms with Gasteiger partial charge in [-0.25, -0.2) is 4.37 Å². The predicted molar refractivity (Wildman–Crippen MR) is 58.5 cm³/mol. The van der Waals surface area contributed by atoms with Crippen molar-refractivity contribution in [1.29, 1.82) is 0 Å². The topological polar surface area (TPSA) is 39.2 Å².